The van der Waals surface area contributed by atoms with Crippen LogP contribution < -0.4 is 10.1 Å². The maximum atomic E-state index is 13.0. The minimum absolute atomic E-state index is 0.135. The van der Waals surface area contributed by atoms with Gasteiger partial charge in [-0.2, -0.15) is 13.2 Å². The maximum Gasteiger partial charge on any atom is 0.422 e. The van der Waals surface area contributed by atoms with E-state index in [2.05, 4.69) is 10.1 Å². The predicted molar refractivity (Wildman–Crippen MR) is 108 cm³/mol. The number of hydrogen-bond acceptors (Lipinski definition) is 4. The number of nitrogens with one attached hydrogen (secondary N) is 1. The van der Waals surface area contributed by atoms with E-state index in [0.717, 1.165) is 5.56 Å². The van der Waals surface area contributed by atoms with Crippen molar-refractivity contribution in [1.29, 1.82) is 0 Å². The Balaban J connectivity index is 1.46. The first-order chi connectivity index (χ1) is 15.2. The van der Waals surface area contributed by atoms with Crippen molar-refractivity contribution in [2.75, 3.05) is 25.0 Å². The Bertz CT molecular complexity index is 926. The zero-order chi connectivity index (χ0) is 23.1. The monoisotopic (exact) mass is 454 g/mol. The highest BCUT2D eigenvalue weighted by Gasteiger charge is 2.33. The smallest absolute Gasteiger partial charge is 0.422 e. The third-order valence-electron chi connectivity index (χ3n) is 4.90. The second-order valence-electron chi connectivity index (χ2n) is 7.36. The number of nitrogens with zero attached hydrogens (tertiary/aromatic N) is 1. The van der Waals surface area contributed by atoms with Crippen molar-refractivity contribution < 1.29 is 36.6 Å². The fourth-order valence-electron chi connectivity index (χ4n) is 3.21. The number of rotatable bonds is 6. The van der Waals surface area contributed by atoms with Crippen molar-refractivity contribution in [1.82, 2.24) is 4.90 Å². The van der Waals surface area contributed by atoms with Crippen LogP contribution in [-0.4, -0.2) is 42.8 Å². The largest absolute Gasteiger partial charge is 0.489 e. The lowest BCUT2D eigenvalue weighted by Gasteiger charge is -2.30. The molecule has 2 amide bonds. The topological polar surface area (TPSA) is 67.9 Å². The molecule has 1 N–H and O–H groups in total. The van der Waals surface area contributed by atoms with Crippen molar-refractivity contribution in [3.63, 3.8) is 0 Å². The van der Waals surface area contributed by atoms with Gasteiger partial charge in [0.2, 0.25) is 5.91 Å². The van der Waals surface area contributed by atoms with Gasteiger partial charge in [-0.05, 0) is 42.7 Å². The molecule has 3 rings (SSSR count). The Morgan fingerprint density at radius 2 is 1.75 bits per heavy atom. The molecule has 2 aromatic rings. The lowest BCUT2D eigenvalue weighted by atomic mass is 9.96. The van der Waals surface area contributed by atoms with Crippen LogP contribution in [0.3, 0.4) is 0 Å². The van der Waals surface area contributed by atoms with Gasteiger partial charge in [0.15, 0.2) is 6.61 Å². The summed E-state index contributed by atoms with van der Waals surface area (Å²) in [5.74, 6) is -0.439. The number of alkyl halides is 3. The van der Waals surface area contributed by atoms with Gasteiger partial charge in [-0.25, -0.2) is 9.18 Å². The van der Waals surface area contributed by atoms with E-state index in [9.17, 15) is 27.2 Å². The molecule has 10 heteroatoms. The highest BCUT2D eigenvalue weighted by atomic mass is 19.4. The van der Waals surface area contributed by atoms with Crippen molar-refractivity contribution in [2.24, 2.45) is 5.92 Å². The molecule has 2 aromatic carbocycles. The summed E-state index contributed by atoms with van der Waals surface area (Å²) in [4.78, 5) is 25.4. The van der Waals surface area contributed by atoms with E-state index in [1.165, 1.54) is 17.0 Å². The molecule has 0 atom stereocenters. The summed E-state index contributed by atoms with van der Waals surface area (Å²) in [7, 11) is 0. The zero-order valence-electron chi connectivity index (χ0n) is 17.0. The summed E-state index contributed by atoms with van der Waals surface area (Å²) < 4.78 is 59.4. The van der Waals surface area contributed by atoms with E-state index < -0.39 is 18.9 Å². The van der Waals surface area contributed by atoms with Crippen molar-refractivity contribution >= 4 is 17.7 Å². The van der Waals surface area contributed by atoms with Gasteiger partial charge in [0.25, 0.3) is 0 Å². The average Bonchev–Trinajstić information content (AvgIpc) is 2.77. The van der Waals surface area contributed by atoms with Crippen LogP contribution in [0.1, 0.15) is 18.4 Å². The summed E-state index contributed by atoms with van der Waals surface area (Å²) >= 11 is 0. The fourth-order valence-corrected chi connectivity index (χ4v) is 3.21. The third-order valence-corrected chi connectivity index (χ3v) is 4.90. The van der Waals surface area contributed by atoms with E-state index in [1.54, 1.807) is 36.4 Å². The van der Waals surface area contributed by atoms with Gasteiger partial charge in [0.1, 0.15) is 18.2 Å². The molecule has 1 saturated heterocycles. The molecule has 32 heavy (non-hydrogen) atoms. The van der Waals surface area contributed by atoms with E-state index in [1.807, 2.05) is 0 Å². The first kappa shape index (κ1) is 23.4. The summed E-state index contributed by atoms with van der Waals surface area (Å²) in [6, 6.07) is 12.7. The first-order valence-corrected chi connectivity index (χ1v) is 9.96. The normalized spacial score (nSPS) is 14.7. The second kappa shape index (κ2) is 10.3. The van der Waals surface area contributed by atoms with Crippen LogP contribution in [0.2, 0.25) is 0 Å². The van der Waals surface area contributed by atoms with Gasteiger partial charge in [0.05, 0.1) is 0 Å². The Labute approximate surface area is 182 Å². The van der Waals surface area contributed by atoms with Gasteiger partial charge in [-0.3, -0.25) is 4.79 Å². The molecule has 0 radical (unpaired) electrons. The van der Waals surface area contributed by atoms with E-state index in [4.69, 9.17) is 4.74 Å². The molecule has 0 aromatic heterocycles. The number of hydrogen-bond donors (Lipinski definition) is 1. The van der Waals surface area contributed by atoms with E-state index in [-0.39, 0.29) is 37.3 Å². The van der Waals surface area contributed by atoms with E-state index in [0.29, 0.717) is 24.3 Å². The van der Waals surface area contributed by atoms with Crippen LogP contribution in [0.5, 0.6) is 5.75 Å². The van der Waals surface area contributed by atoms with Crippen LogP contribution in [0.15, 0.2) is 48.5 Å². The predicted octanol–water partition coefficient (Wildman–Crippen LogP) is 4.75. The third kappa shape index (κ3) is 7.14. The number of halogens is 4. The standard InChI is InChI=1S/C22H22F4N2O4/c23-17-6-4-15(5-7-17)13-31-19-3-1-2-18(12-19)27-20(29)16-8-10-28(11-9-16)21(30)32-14-22(24,25)26/h1-7,12,16H,8-11,13-14H2,(H,27,29). The Hall–Kier alpha value is -3.30. The number of likely N-dealkylation sites (tertiary alicyclic amines) is 1. The average molecular weight is 454 g/mol. The van der Waals surface area contributed by atoms with Gasteiger partial charge in [-0.15, -0.1) is 0 Å². The van der Waals surface area contributed by atoms with Crippen LogP contribution >= 0.6 is 0 Å². The number of carbonyl (C=O) groups is 2. The molecular formula is C22H22F4N2O4. The van der Waals surface area contributed by atoms with Crippen LogP contribution in [0.25, 0.3) is 0 Å². The molecule has 1 aliphatic rings. The molecule has 0 saturated carbocycles. The molecule has 0 bridgehead atoms. The summed E-state index contributed by atoms with van der Waals surface area (Å²) in [5.41, 5.74) is 1.32. The van der Waals surface area contributed by atoms with Crippen molar-refractivity contribution in [3.8, 4) is 5.75 Å². The minimum atomic E-state index is -4.58. The maximum absolute atomic E-state index is 13.0. The molecule has 172 valence electrons. The highest BCUT2D eigenvalue weighted by molar-refractivity contribution is 5.92. The second-order valence-corrected chi connectivity index (χ2v) is 7.36. The molecule has 0 unspecified atom stereocenters. The van der Waals surface area contributed by atoms with Gasteiger partial charge >= 0.3 is 12.3 Å². The van der Waals surface area contributed by atoms with Crippen LogP contribution in [0.4, 0.5) is 28.0 Å². The quantitative estimate of drug-likeness (QED) is 0.640. The van der Waals surface area contributed by atoms with Gasteiger partial charge in [-0.1, -0.05) is 18.2 Å². The molecule has 1 heterocycles. The van der Waals surface area contributed by atoms with Gasteiger partial charge < -0.3 is 19.7 Å². The summed E-state index contributed by atoms with van der Waals surface area (Å²) in [6.45, 7) is -1.13. The number of anilines is 1. The number of piperidine rings is 1. The lowest BCUT2D eigenvalue weighted by Crippen LogP contribution is -2.42. The molecule has 1 aliphatic heterocycles. The number of amides is 2. The number of benzene rings is 2. The lowest BCUT2D eigenvalue weighted by molar-refractivity contribution is -0.162. The number of ether oxygens (including phenoxy) is 2. The van der Waals surface area contributed by atoms with Crippen molar-refractivity contribution in [3.05, 3.63) is 59.9 Å². The van der Waals surface area contributed by atoms with Crippen LogP contribution in [0, 0.1) is 11.7 Å². The van der Waals surface area contributed by atoms with Crippen molar-refractivity contribution in [2.45, 2.75) is 25.6 Å². The highest BCUT2D eigenvalue weighted by Crippen LogP contribution is 2.23. The molecule has 1 fully saturated rings. The Morgan fingerprint density at radius 3 is 2.41 bits per heavy atom. The molecule has 6 nitrogen and oxygen atoms in total. The fraction of sp³-hybridized carbons (Fsp3) is 0.364. The zero-order valence-corrected chi connectivity index (χ0v) is 17.0. The summed E-state index contributed by atoms with van der Waals surface area (Å²) in [5, 5.41) is 2.79. The minimum Gasteiger partial charge on any atom is -0.489 e. The number of carbonyl (C=O) groups excluding carboxylic acids is 2. The Kier molecular flexibility index (Phi) is 7.55. The Morgan fingerprint density at radius 1 is 1.06 bits per heavy atom. The molecular weight excluding hydrogens is 432 g/mol. The SMILES string of the molecule is O=C(Nc1cccc(OCc2ccc(F)cc2)c1)C1CCN(C(=O)OCC(F)(F)F)CC1. The molecule has 0 spiro atoms. The van der Waals surface area contributed by atoms with E-state index >= 15 is 0 Å². The first-order valence-electron chi connectivity index (χ1n) is 9.96. The molecule has 0 aliphatic carbocycles. The summed E-state index contributed by atoms with van der Waals surface area (Å²) in [6.07, 6.45) is -4.99. The van der Waals surface area contributed by atoms with Gasteiger partial charge in [0, 0.05) is 30.8 Å². The van der Waals surface area contributed by atoms with Crippen LogP contribution in [-0.2, 0) is 16.1 Å².